The van der Waals surface area contributed by atoms with E-state index >= 15 is 0 Å². The molecule has 3 atom stereocenters. The summed E-state index contributed by atoms with van der Waals surface area (Å²) in [5.41, 5.74) is 0.633. The van der Waals surface area contributed by atoms with Crippen molar-refractivity contribution in [1.82, 2.24) is 10.3 Å². The molecule has 4 nitrogen and oxygen atoms in total. The standard InChI is InChI=1S/C21H22ClFN2O2/c1-2-18(25-21(26)12-3-5-13(22)6-4-12)20-16-9-15(10-17(16)20)27-14-7-8-19(23)24-11-14/h3-8,11,15-18,20H,2,9-10H2,1H3,(H,25,26)/t15?,16-,17-,18-,20?/m0/s1. The van der Waals surface area contributed by atoms with Gasteiger partial charge in [0.25, 0.3) is 5.91 Å². The smallest absolute Gasteiger partial charge is 0.251 e. The highest BCUT2D eigenvalue weighted by Gasteiger charge is 2.59. The van der Waals surface area contributed by atoms with E-state index in [4.69, 9.17) is 16.3 Å². The number of halogens is 2. The zero-order chi connectivity index (χ0) is 19.0. The zero-order valence-electron chi connectivity index (χ0n) is 15.1. The number of nitrogens with one attached hydrogen (secondary N) is 1. The first-order valence-electron chi connectivity index (χ1n) is 9.39. The summed E-state index contributed by atoms with van der Waals surface area (Å²) in [7, 11) is 0. The molecule has 0 saturated heterocycles. The van der Waals surface area contributed by atoms with Crippen LogP contribution in [0.1, 0.15) is 36.5 Å². The molecule has 1 aromatic heterocycles. The van der Waals surface area contributed by atoms with Crippen molar-refractivity contribution in [1.29, 1.82) is 0 Å². The minimum absolute atomic E-state index is 0.0475. The molecular weight excluding hydrogens is 367 g/mol. The first kappa shape index (κ1) is 18.2. The Morgan fingerprint density at radius 3 is 2.56 bits per heavy atom. The second-order valence-electron chi connectivity index (χ2n) is 7.43. The van der Waals surface area contributed by atoms with E-state index in [9.17, 15) is 9.18 Å². The molecule has 0 aliphatic heterocycles. The molecule has 4 rings (SSSR count). The van der Waals surface area contributed by atoms with Crippen molar-refractivity contribution in [3.8, 4) is 5.75 Å². The van der Waals surface area contributed by atoms with E-state index in [2.05, 4.69) is 17.2 Å². The van der Waals surface area contributed by atoms with Crippen LogP contribution in [0.4, 0.5) is 4.39 Å². The fourth-order valence-corrected chi connectivity index (χ4v) is 4.61. The minimum Gasteiger partial charge on any atom is -0.489 e. The van der Waals surface area contributed by atoms with Crippen LogP contribution in [0, 0.1) is 23.7 Å². The molecule has 27 heavy (non-hydrogen) atoms. The third-order valence-corrected chi connectivity index (χ3v) is 6.05. The van der Waals surface area contributed by atoms with Gasteiger partial charge in [0.15, 0.2) is 0 Å². The van der Waals surface area contributed by atoms with Crippen LogP contribution < -0.4 is 10.1 Å². The predicted molar refractivity (Wildman–Crippen MR) is 101 cm³/mol. The van der Waals surface area contributed by atoms with Crippen molar-refractivity contribution in [2.24, 2.45) is 17.8 Å². The summed E-state index contributed by atoms with van der Waals surface area (Å²) in [5, 5.41) is 3.81. The molecule has 2 aliphatic rings. The van der Waals surface area contributed by atoms with E-state index in [1.807, 2.05) is 0 Å². The average Bonchev–Trinajstić information content (AvgIpc) is 3.16. The van der Waals surface area contributed by atoms with Crippen molar-refractivity contribution in [3.63, 3.8) is 0 Å². The van der Waals surface area contributed by atoms with Crippen LogP contribution in [0.5, 0.6) is 5.75 Å². The highest BCUT2D eigenvalue weighted by Crippen LogP contribution is 2.60. The van der Waals surface area contributed by atoms with Gasteiger partial charge in [0.1, 0.15) is 5.75 Å². The Morgan fingerprint density at radius 1 is 1.26 bits per heavy atom. The molecule has 6 heteroatoms. The topological polar surface area (TPSA) is 51.2 Å². The molecule has 142 valence electrons. The Balaban J connectivity index is 1.31. The Hall–Kier alpha value is -2.14. The number of aromatic nitrogens is 1. The van der Waals surface area contributed by atoms with E-state index in [0.29, 0.717) is 34.1 Å². The maximum absolute atomic E-state index is 12.9. The second-order valence-corrected chi connectivity index (χ2v) is 7.86. The molecule has 1 heterocycles. The highest BCUT2D eigenvalue weighted by atomic mass is 35.5. The first-order valence-corrected chi connectivity index (χ1v) is 9.77. The summed E-state index contributed by atoms with van der Waals surface area (Å²) in [5.74, 6) is 1.74. The number of carbonyl (C=O) groups is 1. The molecule has 2 aromatic rings. The molecule has 1 aromatic carbocycles. The number of hydrogen-bond acceptors (Lipinski definition) is 3. The molecule has 1 amide bonds. The van der Waals surface area contributed by atoms with Gasteiger partial charge in [-0.05, 0) is 73.4 Å². The number of pyridine rings is 1. The van der Waals surface area contributed by atoms with E-state index in [1.54, 1.807) is 30.3 Å². The van der Waals surface area contributed by atoms with Gasteiger partial charge in [-0.15, -0.1) is 0 Å². The Labute approximate surface area is 163 Å². The highest BCUT2D eigenvalue weighted by molar-refractivity contribution is 6.30. The lowest BCUT2D eigenvalue weighted by molar-refractivity contribution is 0.0924. The molecule has 2 fully saturated rings. The lowest BCUT2D eigenvalue weighted by Gasteiger charge is -2.22. The van der Waals surface area contributed by atoms with E-state index in [-0.39, 0.29) is 18.1 Å². The van der Waals surface area contributed by atoms with Gasteiger partial charge in [-0.2, -0.15) is 4.39 Å². The Morgan fingerprint density at radius 2 is 1.96 bits per heavy atom. The Kier molecular flexibility index (Phi) is 5.04. The Bertz CT molecular complexity index is 800. The number of nitrogens with zero attached hydrogens (tertiary/aromatic N) is 1. The summed E-state index contributed by atoms with van der Waals surface area (Å²) < 4.78 is 18.8. The number of benzene rings is 1. The maximum atomic E-state index is 12.9. The lowest BCUT2D eigenvalue weighted by atomic mass is 10.00. The summed E-state index contributed by atoms with van der Waals surface area (Å²) in [6.07, 6.45) is 4.43. The molecule has 2 saturated carbocycles. The van der Waals surface area contributed by atoms with Crippen LogP contribution in [0.3, 0.4) is 0 Å². The minimum atomic E-state index is -0.501. The van der Waals surface area contributed by atoms with Gasteiger partial charge in [0.05, 0.1) is 12.3 Å². The molecule has 2 aliphatic carbocycles. The lowest BCUT2D eigenvalue weighted by Crippen LogP contribution is -2.37. The zero-order valence-corrected chi connectivity index (χ0v) is 15.8. The fraction of sp³-hybridized carbons (Fsp3) is 0.429. The molecule has 0 radical (unpaired) electrons. The number of amides is 1. The van der Waals surface area contributed by atoms with Crippen molar-refractivity contribution < 1.29 is 13.9 Å². The quantitative estimate of drug-likeness (QED) is 0.742. The van der Waals surface area contributed by atoms with E-state index in [0.717, 1.165) is 19.3 Å². The van der Waals surface area contributed by atoms with Crippen LogP contribution >= 0.6 is 11.6 Å². The van der Waals surface area contributed by atoms with Crippen molar-refractivity contribution >= 4 is 17.5 Å². The second kappa shape index (κ2) is 7.47. The number of rotatable bonds is 6. The van der Waals surface area contributed by atoms with Gasteiger partial charge in [0, 0.05) is 16.6 Å². The summed E-state index contributed by atoms with van der Waals surface area (Å²) in [6.45, 7) is 2.11. The third-order valence-electron chi connectivity index (χ3n) is 5.80. The van der Waals surface area contributed by atoms with Gasteiger partial charge in [0.2, 0.25) is 5.95 Å². The molecular formula is C21H22ClFN2O2. The predicted octanol–water partition coefficient (Wildman–Crippen LogP) is 4.49. The van der Waals surface area contributed by atoms with Crippen molar-refractivity contribution in [2.45, 2.75) is 38.3 Å². The van der Waals surface area contributed by atoms with Crippen LogP contribution in [0.15, 0.2) is 42.6 Å². The van der Waals surface area contributed by atoms with E-state index < -0.39 is 5.95 Å². The number of fused-ring (bicyclic) bond motifs is 1. The monoisotopic (exact) mass is 388 g/mol. The summed E-state index contributed by atoms with van der Waals surface area (Å²) in [6, 6.07) is 10.1. The van der Waals surface area contributed by atoms with Gasteiger partial charge < -0.3 is 10.1 Å². The van der Waals surface area contributed by atoms with Crippen LogP contribution in [-0.2, 0) is 0 Å². The maximum Gasteiger partial charge on any atom is 0.251 e. The van der Waals surface area contributed by atoms with E-state index in [1.165, 1.54) is 12.3 Å². The van der Waals surface area contributed by atoms with Gasteiger partial charge in [-0.3, -0.25) is 4.79 Å². The third kappa shape index (κ3) is 3.93. The molecule has 0 unspecified atom stereocenters. The fourth-order valence-electron chi connectivity index (χ4n) is 4.48. The molecule has 0 bridgehead atoms. The number of hydrogen-bond donors (Lipinski definition) is 1. The number of ether oxygens (including phenoxy) is 1. The van der Waals surface area contributed by atoms with Gasteiger partial charge >= 0.3 is 0 Å². The molecule has 1 N–H and O–H groups in total. The van der Waals surface area contributed by atoms with Gasteiger partial charge in [-0.1, -0.05) is 18.5 Å². The van der Waals surface area contributed by atoms with Crippen molar-refractivity contribution in [2.75, 3.05) is 0 Å². The molecule has 0 spiro atoms. The summed E-state index contributed by atoms with van der Waals surface area (Å²) >= 11 is 5.89. The van der Waals surface area contributed by atoms with Crippen LogP contribution in [0.25, 0.3) is 0 Å². The SMILES string of the molecule is CC[C@H](NC(=O)c1ccc(Cl)cc1)C1[C@H]2CC(Oc3ccc(F)nc3)C[C@H]12. The number of carbonyl (C=O) groups excluding carboxylic acids is 1. The van der Waals surface area contributed by atoms with Crippen molar-refractivity contribution in [3.05, 3.63) is 59.1 Å². The van der Waals surface area contributed by atoms with Crippen LogP contribution in [-0.4, -0.2) is 23.0 Å². The first-order chi connectivity index (χ1) is 13.0. The largest absolute Gasteiger partial charge is 0.489 e. The average molecular weight is 389 g/mol. The normalized spacial score (nSPS) is 24.9. The van der Waals surface area contributed by atoms with Crippen LogP contribution in [0.2, 0.25) is 5.02 Å². The van der Waals surface area contributed by atoms with Gasteiger partial charge in [-0.25, -0.2) is 4.98 Å². The summed E-state index contributed by atoms with van der Waals surface area (Å²) in [4.78, 5) is 16.1.